The summed E-state index contributed by atoms with van der Waals surface area (Å²) in [6.07, 6.45) is 6.53. The number of hydrogen-bond donors (Lipinski definition) is 2. The van der Waals surface area contributed by atoms with Gasteiger partial charge in [-0.1, -0.05) is 12.8 Å². The summed E-state index contributed by atoms with van der Waals surface area (Å²) >= 11 is 0. The molecule has 1 aliphatic carbocycles. The molecule has 1 fully saturated rings. The first-order chi connectivity index (χ1) is 8.24. The molecule has 1 aromatic heterocycles. The molecule has 5 nitrogen and oxygen atoms in total. The van der Waals surface area contributed by atoms with Gasteiger partial charge < -0.3 is 10.6 Å². The third-order valence-electron chi connectivity index (χ3n) is 3.37. The number of amidine groups is 1. The average Bonchev–Trinajstić information content (AvgIpc) is 2.84. The van der Waals surface area contributed by atoms with Crippen LogP contribution in [0.1, 0.15) is 38.2 Å². The van der Waals surface area contributed by atoms with Crippen LogP contribution in [0.4, 0.5) is 5.82 Å². The molecule has 92 valence electrons. The van der Waals surface area contributed by atoms with Gasteiger partial charge in [0.05, 0.1) is 11.8 Å². The predicted molar refractivity (Wildman–Crippen MR) is 68.3 cm³/mol. The van der Waals surface area contributed by atoms with Gasteiger partial charge in [-0.2, -0.15) is 5.10 Å². The predicted octanol–water partition coefficient (Wildman–Crippen LogP) is 1.53. The molecule has 0 spiro atoms. The summed E-state index contributed by atoms with van der Waals surface area (Å²) in [5.41, 5.74) is 6.28. The molecule has 0 amide bonds. The Morgan fingerprint density at radius 3 is 2.82 bits per heavy atom. The molecule has 17 heavy (non-hydrogen) atoms. The van der Waals surface area contributed by atoms with Crippen LogP contribution in [0.2, 0.25) is 0 Å². The lowest BCUT2D eigenvalue weighted by Crippen LogP contribution is -2.35. The first-order valence-electron chi connectivity index (χ1n) is 6.16. The maximum Gasteiger partial charge on any atom is 0.162 e. The fraction of sp³-hybridized carbons (Fsp3) is 0.583. The molecule has 0 radical (unpaired) electrons. The van der Waals surface area contributed by atoms with Gasteiger partial charge in [-0.3, -0.25) is 5.41 Å². The Morgan fingerprint density at radius 1 is 1.53 bits per heavy atom. The minimum absolute atomic E-state index is 0.0614. The van der Waals surface area contributed by atoms with Gasteiger partial charge in [-0.15, -0.1) is 5.10 Å². The van der Waals surface area contributed by atoms with E-state index < -0.39 is 0 Å². The molecule has 1 aromatic rings. The Balaban J connectivity index is 2.32. The van der Waals surface area contributed by atoms with Gasteiger partial charge in [-0.05, 0) is 25.8 Å². The summed E-state index contributed by atoms with van der Waals surface area (Å²) in [6, 6.07) is 2.29. The molecule has 0 bridgehead atoms. The Hall–Kier alpha value is -1.65. The van der Waals surface area contributed by atoms with E-state index in [-0.39, 0.29) is 5.84 Å². The number of aromatic nitrogens is 2. The maximum atomic E-state index is 7.60. The maximum absolute atomic E-state index is 7.60. The van der Waals surface area contributed by atoms with Crippen molar-refractivity contribution in [3.8, 4) is 0 Å². The zero-order chi connectivity index (χ0) is 12.3. The van der Waals surface area contributed by atoms with Gasteiger partial charge >= 0.3 is 0 Å². The van der Waals surface area contributed by atoms with Crippen LogP contribution in [-0.2, 0) is 0 Å². The van der Waals surface area contributed by atoms with Crippen molar-refractivity contribution in [2.75, 3.05) is 11.4 Å². The van der Waals surface area contributed by atoms with Crippen molar-refractivity contribution in [3.63, 3.8) is 0 Å². The minimum Gasteiger partial charge on any atom is -0.384 e. The number of nitrogens with two attached hydrogens (primary N) is 1. The zero-order valence-corrected chi connectivity index (χ0v) is 10.2. The van der Waals surface area contributed by atoms with Gasteiger partial charge in [0.1, 0.15) is 5.84 Å². The van der Waals surface area contributed by atoms with E-state index in [1.807, 2.05) is 0 Å². The van der Waals surface area contributed by atoms with E-state index in [1.165, 1.54) is 25.7 Å². The largest absolute Gasteiger partial charge is 0.384 e. The van der Waals surface area contributed by atoms with Gasteiger partial charge in [0.2, 0.25) is 0 Å². The van der Waals surface area contributed by atoms with Crippen LogP contribution in [0.25, 0.3) is 0 Å². The highest BCUT2D eigenvalue weighted by Crippen LogP contribution is 2.28. The molecular formula is C12H19N5. The second kappa shape index (κ2) is 5.12. The SMILES string of the molecule is CCN(c1nnccc1C(=N)N)C1CCCC1. The van der Waals surface area contributed by atoms with Crippen molar-refractivity contribution < 1.29 is 0 Å². The van der Waals surface area contributed by atoms with Crippen molar-refractivity contribution in [1.29, 1.82) is 5.41 Å². The van der Waals surface area contributed by atoms with Gasteiger partial charge in [0.15, 0.2) is 5.82 Å². The quantitative estimate of drug-likeness (QED) is 0.610. The molecule has 0 aliphatic heterocycles. The summed E-state index contributed by atoms with van der Waals surface area (Å²) in [7, 11) is 0. The van der Waals surface area contributed by atoms with Crippen LogP contribution in [0.15, 0.2) is 12.3 Å². The van der Waals surface area contributed by atoms with Crippen molar-refractivity contribution in [1.82, 2.24) is 10.2 Å². The van der Waals surface area contributed by atoms with Crippen molar-refractivity contribution in [3.05, 3.63) is 17.8 Å². The lowest BCUT2D eigenvalue weighted by molar-refractivity contribution is 0.608. The fourth-order valence-electron chi connectivity index (χ4n) is 2.54. The molecule has 2 rings (SSSR count). The van der Waals surface area contributed by atoms with Crippen LogP contribution in [0.5, 0.6) is 0 Å². The number of rotatable bonds is 4. The van der Waals surface area contributed by atoms with E-state index in [0.717, 1.165) is 12.4 Å². The van der Waals surface area contributed by atoms with Gasteiger partial charge in [-0.25, -0.2) is 0 Å². The second-order valence-corrected chi connectivity index (χ2v) is 4.41. The molecule has 0 atom stereocenters. The highest BCUT2D eigenvalue weighted by molar-refractivity contribution is 5.99. The number of nitrogens with one attached hydrogen (secondary N) is 1. The number of nitrogens with zero attached hydrogens (tertiary/aromatic N) is 3. The normalized spacial score (nSPS) is 16.1. The standard InChI is InChI=1S/C12H19N5/c1-2-17(9-5-3-4-6-9)12-10(11(13)14)7-8-15-16-12/h7-9H,2-6H2,1H3,(H3,13,14). The Morgan fingerprint density at radius 2 is 2.24 bits per heavy atom. The molecule has 3 N–H and O–H groups in total. The smallest absolute Gasteiger partial charge is 0.162 e. The Bertz CT molecular complexity index is 398. The van der Waals surface area contributed by atoms with E-state index in [0.29, 0.717) is 11.6 Å². The molecule has 0 aromatic carbocycles. The lowest BCUT2D eigenvalue weighted by atomic mass is 10.1. The van der Waals surface area contributed by atoms with E-state index in [2.05, 4.69) is 22.0 Å². The van der Waals surface area contributed by atoms with E-state index in [4.69, 9.17) is 11.1 Å². The summed E-state index contributed by atoms with van der Waals surface area (Å²) in [6.45, 7) is 2.99. The molecule has 5 heteroatoms. The number of nitrogen functional groups attached to an aromatic ring is 1. The average molecular weight is 233 g/mol. The van der Waals surface area contributed by atoms with Gasteiger partial charge in [0, 0.05) is 12.6 Å². The summed E-state index contributed by atoms with van der Waals surface area (Å²) < 4.78 is 0. The highest BCUT2D eigenvalue weighted by Gasteiger charge is 2.25. The van der Waals surface area contributed by atoms with E-state index in [1.54, 1.807) is 12.3 Å². The fourth-order valence-corrected chi connectivity index (χ4v) is 2.54. The third-order valence-corrected chi connectivity index (χ3v) is 3.37. The second-order valence-electron chi connectivity index (χ2n) is 4.41. The van der Waals surface area contributed by atoms with Crippen molar-refractivity contribution in [2.24, 2.45) is 5.73 Å². The molecule has 0 unspecified atom stereocenters. The van der Waals surface area contributed by atoms with Crippen LogP contribution in [-0.4, -0.2) is 28.6 Å². The molecule has 0 saturated heterocycles. The molecule has 1 saturated carbocycles. The molecule has 1 aliphatic rings. The summed E-state index contributed by atoms with van der Waals surface area (Å²) in [5, 5.41) is 15.7. The third kappa shape index (κ3) is 2.38. The number of hydrogen-bond acceptors (Lipinski definition) is 4. The van der Waals surface area contributed by atoms with Crippen LogP contribution in [0.3, 0.4) is 0 Å². The lowest BCUT2D eigenvalue weighted by Gasteiger charge is -2.29. The summed E-state index contributed by atoms with van der Waals surface area (Å²) in [4.78, 5) is 2.23. The van der Waals surface area contributed by atoms with Crippen LogP contribution >= 0.6 is 0 Å². The van der Waals surface area contributed by atoms with E-state index >= 15 is 0 Å². The molecule has 1 heterocycles. The Kier molecular flexibility index (Phi) is 3.56. The topological polar surface area (TPSA) is 78.9 Å². The number of anilines is 1. The van der Waals surface area contributed by atoms with Gasteiger partial charge in [0.25, 0.3) is 0 Å². The first-order valence-corrected chi connectivity index (χ1v) is 6.16. The van der Waals surface area contributed by atoms with Crippen molar-refractivity contribution >= 4 is 11.7 Å². The molecular weight excluding hydrogens is 214 g/mol. The highest BCUT2D eigenvalue weighted by atomic mass is 15.3. The van der Waals surface area contributed by atoms with Crippen LogP contribution in [0, 0.1) is 5.41 Å². The monoisotopic (exact) mass is 233 g/mol. The van der Waals surface area contributed by atoms with E-state index in [9.17, 15) is 0 Å². The summed E-state index contributed by atoms with van der Waals surface area (Å²) in [5.74, 6) is 0.820. The van der Waals surface area contributed by atoms with Crippen LogP contribution < -0.4 is 10.6 Å². The zero-order valence-electron chi connectivity index (χ0n) is 10.2. The minimum atomic E-state index is 0.0614. The Labute approximate surface area is 102 Å². The van der Waals surface area contributed by atoms with Crippen molar-refractivity contribution in [2.45, 2.75) is 38.6 Å². The first kappa shape index (κ1) is 11.8.